The van der Waals surface area contributed by atoms with E-state index in [9.17, 15) is 14.4 Å². The van der Waals surface area contributed by atoms with Crippen molar-refractivity contribution in [3.63, 3.8) is 0 Å². The molecule has 154 valence electrons. The van der Waals surface area contributed by atoms with Crippen molar-refractivity contribution in [2.45, 2.75) is 53.6 Å². The number of rotatable bonds is 4. The number of likely N-dealkylation sites (tertiary alicyclic amines) is 1. The molecule has 2 rings (SSSR count). The number of esters is 1. The van der Waals surface area contributed by atoms with Gasteiger partial charge in [0.2, 0.25) is 5.91 Å². The molecule has 1 aliphatic heterocycles. The van der Waals surface area contributed by atoms with Crippen LogP contribution in [0.15, 0.2) is 18.2 Å². The summed E-state index contributed by atoms with van der Waals surface area (Å²) in [7, 11) is 0. The third kappa shape index (κ3) is 5.71. The molecular weight excluding hydrogens is 380 g/mol. The lowest BCUT2D eigenvalue weighted by atomic mass is 9.91. The molecule has 1 fully saturated rings. The van der Waals surface area contributed by atoms with Gasteiger partial charge < -0.3 is 15.0 Å². The Labute approximate surface area is 171 Å². The molecule has 0 radical (unpaired) electrons. The largest absolute Gasteiger partial charge is 0.452 e. The second-order valence-corrected chi connectivity index (χ2v) is 8.78. The molecule has 1 aliphatic rings. The van der Waals surface area contributed by atoms with Crippen LogP contribution in [0, 0.1) is 18.3 Å². The molecule has 28 heavy (non-hydrogen) atoms. The quantitative estimate of drug-likeness (QED) is 0.769. The van der Waals surface area contributed by atoms with Crippen molar-refractivity contribution in [2.75, 3.05) is 18.4 Å². The molecule has 7 heteroatoms. The number of halogens is 1. The van der Waals surface area contributed by atoms with Gasteiger partial charge in [-0.15, -0.1) is 0 Å². The monoisotopic (exact) mass is 408 g/mol. The molecule has 1 aromatic carbocycles. The molecular formula is C21H29ClN2O4. The normalized spacial score (nSPS) is 16.4. The number of benzene rings is 1. The predicted molar refractivity (Wildman–Crippen MR) is 109 cm³/mol. The molecule has 2 amide bonds. The van der Waals surface area contributed by atoms with Gasteiger partial charge in [0, 0.05) is 29.2 Å². The maximum atomic E-state index is 12.4. The van der Waals surface area contributed by atoms with E-state index in [4.69, 9.17) is 16.3 Å². The maximum absolute atomic E-state index is 12.4. The molecule has 1 aromatic rings. The summed E-state index contributed by atoms with van der Waals surface area (Å²) >= 11 is 5.96. The number of hydrogen-bond acceptors (Lipinski definition) is 4. The zero-order valence-electron chi connectivity index (χ0n) is 17.2. The Morgan fingerprint density at radius 1 is 1.21 bits per heavy atom. The van der Waals surface area contributed by atoms with Crippen LogP contribution in [0.1, 0.15) is 46.1 Å². The molecule has 0 spiro atoms. The van der Waals surface area contributed by atoms with Crippen LogP contribution in [-0.2, 0) is 19.1 Å². The van der Waals surface area contributed by atoms with Gasteiger partial charge in [-0.1, -0.05) is 38.4 Å². The van der Waals surface area contributed by atoms with E-state index in [1.165, 1.54) is 0 Å². The standard InChI is InChI=1S/C21H29ClN2O4/c1-13-6-7-16(22)12-17(13)23-18(25)14(2)28-19(26)15-8-10-24(11-9-15)20(27)21(3,4)5/h6-7,12,14-15H,8-11H2,1-5H3,(H,23,25)/t14-/m0/s1. The highest BCUT2D eigenvalue weighted by Gasteiger charge is 2.34. The minimum absolute atomic E-state index is 0.0870. The van der Waals surface area contributed by atoms with Gasteiger partial charge in [-0.3, -0.25) is 14.4 Å². The molecule has 0 unspecified atom stereocenters. The van der Waals surface area contributed by atoms with Crippen molar-refractivity contribution >= 4 is 35.1 Å². The lowest BCUT2D eigenvalue weighted by Crippen LogP contribution is -2.45. The first-order valence-corrected chi connectivity index (χ1v) is 9.93. The van der Waals surface area contributed by atoms with E-state index in [-0.39, 0.29) is 11.8 Å². The number of nitrogens with zero attached hydrogens (tertiary/aromatic N) is 1. The molecule has 1 saturated heterocycles. The lowest BCUT2D eigenvalue weighted by Gasteiger charge is -2.35. The summed E-state index contributed by atoms with van der Waals surface area (Å²) in [5, 5.41) is 3.26. The van der Waals surface area contributed by atoms with Crippen LogP contribution in [-0.4, -0.2) is 41.9 Å². The third-order valence-electron chi connectivity index (χ3n) is 4.88. The highest BCUT2D eigenvalue weighted by Crippen LogP contribution is 2.25. The van der Waals surface area contributed by atoms with E-state index < -0.39 is 23.4 Å². The minimum Gasteiger partial charge on any atom is -0.452 e. The average Bonchev–Trinajstić information content (AvgIpc) is 2.63. The summed E-state index contributed by atoms with van der Waals surface area (Å²) in [6, 6.07) is 5.21. The number of carbonyl (C=O) groups is 3. The van der Waals surface area contributed by atoms with Crippen molar-refractivity contribution in [1.82, 2.24) is 4.90 Å². The van der Waals surface area contributed by atoms with Gasteiger partial charge in [-0.25, -0.2) is 0 Å². The molecule has 0 saturated carbocycles. The molecule has 1 N–H and O–H groups in total. The smallest absolute Gasteiger partial charge is 0.309 e. The number of ether oxygens (including phenoxy) is 1. The molecule has 6 nitrogen and oxygen atoms in total. The molecule has 1 atom stereocenters. The molecule has 0 bridgehead atoms. The van der Waals surface area contributed by atoms with E-state index in [0.29, 0.717) is 36.6 Å². The van der Waals surface area contributed by atoms with E-state index in [2.05, 4.69) is 5.32 Å². The van der Waals surface area contributed by atoms with Crippen LogP contribution < -0.4 is 5.32 Å². The topological polar surface area (TPSA) is 75.7 Å². The fourth-order valence-corrected chi connectivity index (χ4v) is 3.25. The minimum atomic E-state index is -0.917. The van der Waals surface area contributed by atoms with E-state index in [1.54, 1.807) is 30.0 Å². The van der Waals surface area contributed by atoms with Crippen LogP contribution in [0.25, 0.3) is 0 Å². The first kappa shape index (κ1) is 22.2. The van der Waals surface area contributed by atoms with E-state index in [0.717, 1.165) is 5.56 Å². The average molecular weight is 409 g/mol. The molecule has 0 aromatic heterocycles. The van der Waals surface area contributed by atoms with Crippen LogP contribution in [0.2, 0.25) is 5.02 Å². The Morgan fingerprint density at radius 2 is 1.82 bits per heavy atom. The molecule has 0 aliphatic carbocycles. The van der Waals surface area contributed by atoms with Crippen LogP contribution in [0.4, 0.5) is 5.69 Å². The number of nitrogens with one attached hydrogen (secondary N) is 1. The number of amides is 2. The third-order valence-corrected chi connectivity index (χ3v) is 5.11. The van der Waals surface area contributed by atoms with Gasteiger partial charge in [-0.05, 0) is 44.4 Å². The second-order valence-electron chi connectivity index (χ2n) is 8.34. The van der Waals surface area contributed by atoms with Crippen molar-refractivity contribution in [1.29, 1.82) is 0 Å². The number of hydrogen-bond donors (Lipinski definition) is 1. The summed E-state index contributed by atoms with van der Waals surface area (Å²) in [6.07, 6.45) is 0.172. The molecule has 1 heterocycles. The predicted octanol–water partition coefficient (Wildman–Crippen LogP) is 3.80. The SMILES string of the molecule is Cc1ccc(Cl)cc1NC(=O)[C@H](C)OC(=O)C1CCN(C(=O)C(C)(C)C)CC1. The van der Waals surface area contributed by atoms with Crippen molar-refractivity contribution < 1.29 is 19.1 Å². The number of aryl methyl sites for hydroxylation is 1. The fraction of sp³-hybridized carbons (Fsp3) is 0.571. The van der Waals surface area contributed by atoms with Gasteiger partial charge in [0.1, 0.15) is 0 Å². The zero-order valence-corrected chi connectivity index (χ0v) is 17.9. The maximum Gasteiger partial charge on any atom is 0.309 e. The van der Waals surface area contributed by atoms with Gasteiger partial charge in [0.15, 0.2) is 6.10 Å². The zero-order chi connectivity index (χ0) is 21.1. The second kappa shape index (κ2) is 8.95. The van der Waals surface area contributed by atoms with Gasteiger partial charge >= 0.3 is 5.97 Å². The van der Waals surface area contributed by atoms with Crippen molar-refractivity contribution in [3.8, 4) is 0 Å². The first-order valence-electron chi connectivity index (χ1n) is 9.56. The van der Waals surface area contributed by atoms with Gasteiger partial charge in [0.05, 0.1) is 5.92 Å². The van der Waals surface area contributed by atoms with E-state index >= 15 is 0 Å². The van der Waals surface area contributed by atoms with E-state index in [1.807, 2.05) is 27.7 Å². The fourth-order valence-electron chi connectivity index (χ4n) is 3.08. The summed E-state index contributed by atoms with van der Waals surface area (Å²) in [5.74, 6) is -1.01. The highest BCUT2D eigenvalue weighted by atomic mass is 35.5. The van der Waals surface area contributed by atoms with Crippen LogP contribution in [0.3, 0.4) is 0 Å². The Morgan fingerprint density at radius 3 is 2.39 bits per heavy atom. The van der Waals surface area contributed by atoms with Gasteiger partial charge in [-0.2, -0.15) is 0 Å². The van der Waals surface area contributed by atoms with Crippen molar-refractivity contribution in [3.05, 3.63) is 28.8 Å². The first-order chi connectivity index (χ1) is 13.0. The Kier molecular flexibility index (Phi) is 7.10. The summed E-state index contributed by atoms with van der Waals surface area (Å²) < 4.78 is 5.37. The summed E-state index contributed by atoms with van der Waals surface area (Å²) in [6.45, 7) is 10.1. The number of piperidine rings is 1. The van der Waals surface area contributed by atoms with Crippen LogP contribution >= 0.6 is 11.6 Å². The van der Waals surface area contributed by atoms with Gasteiger partial charge in [0.25, 0.3) is 5.91 Å². The van der Waals surface area contributed by atoms with Crippen molar-refractivity contribution in [2.24, 2.45) is 11.3 Å². The highest BCUT2D eigenvalue weighted by molar-refractivity contribution is 6.31. The number of carbonyl (C=O) groups excluding carboxylic acids is 3. The Hall–Kier alpha value is -2.08. The van der Waals surface area contributed by atoms with Crippen LogP contribution in [0.5, 0.6) is 0 Å². The summed E-state index contributed by atoms with van der Waals surface area (Å²) in [5.41, 5.74) is 1.03. The number of anilines is 1. The Bertz CT molecular complexity index is 749. The Balaban J connectivity index is 1.86. The summed E-state index contributed by atoms with van der Waals surface area (Å²) in [4.78, 5) is 38.9. The lowest BCUT2D eigenvalue weighted by molar-refractivity contribution is -0.160.